The fourth-order valence-electron chi connectivity index (χ4n) is 3.81. The minimum absolute atomic E-state index is 0.00899. The molecule has 0 saturated carbocycles. The Morgan fingerprint density at radius 1 is 1.27 bits per heavy atom. The number of hydrogen-bond acceptors (Lipinski definition) is 5. The number of hydrogen-bond donors (Lipinski definition) is 3. The molecule has 1 aromatic carbocycles. The van der Waals surface area contributed by atoms with E-state index >= 15 is 0 Å². The van der Waals surface area contributed by atoms with Gasteiger partial charge in [-0.1, -0.05) is 12.1 Å². The lowest BCUT2D eigenvalue weighted by atomic mass is 9.96. The summed E-state index contributed by atoms with van der Waals surface area (Å²) in [7, 11) is 0. The monoisotopic (exact) mass is 341 g/mol. The average molecular weight is 341 g/mol. The Kier molecular flexibility index (Phi) is 3.09. The molecule has 26 heavy (non-hydrogen) atoms. The van der Waals surface area contributed by atoms with Gasteiger partial charge in [0.05, 0.1) is 22.7 Å². The number of aromatic hydroxyl groups is 1. The number of rotatable bonds is 1. The average Bonchev–Trinajstić information content (AvgIpc) is 3.04. The number of nitrogens with one attached hydrogen (secondary N) is 2. The first-order valence-corrected chi connectivity index (χ1v) is 8.48. The van der Waals surface area contributed by atoms with Crippen molar-refractivity contribution < 1.29 is 5.11 Å². The molecule has 126 valence electrons. The molecule has 6 nitrogen and oxygen atoms in total. The molecule has 6 heteroatoms. The number of fused-ring (bicyclic) bond motifs is 1. The highest BCUT2D eigenvalue weighted by Crippen LogP contribution is 2.40. The van der Waals surface area contributed by atoms with Crippen molar-refractivity contribution in [1.29, 1.82) is 5.26 Å². The standard InChI is InChI=1S/C20H15N5O/c21-8-12-7-11(5-6-16(12)26)18-14-9-22-20-17(14)19(23-10-24-20)13-3-1-2-4-15(13)25-18/h2,4-7,9-10,18,25-26H,1,3H2,(H,22,23,24). The van der Waals surface area contributed by atoms with E-state index in [-0.39, 0.29) is 17.4 Å². The second kappa shape index (κ2) is 5.46. The summed E-state index contributed by atoms with van der Waals surface area (Å²) in [6.45, 7) is 0. The van der Waals surface area contributed by atoms with Crippen molar-refractivity contribution in [2.75, 3.05) is 0 Å². The molecule has 0 bridgehead atoms. The molecule has 0 amide bonds. The van der Waals surface area contributed by atoms with E-state index in [4.69, 9.17) is 0 Å². The number of aromatic nitrogens is 3. The van der Waals surface area contributed by atoms with Gasteiger partial charge in [0.1, 0.15) is 23.8 Å². The molecular formula is C20H15N5O. The minimum atomic E-state index is -0.170. The first-order chi connectivity index (χ1) is 12.8. The predicted octanol–water partition coefficient (Wildman–Crippen LogP) is 3.29. The van der Waals surface area contributed by atoms with Gasteiger partial charge >= 0.3 is 0 Å². The van der Waals surface area contributed by atoms with Gasteiger partial charge in [0.25, 0.3) is 0 Å². The van der Waals surface area contributed by atoms with Gasteiger partial charge < -0.3 is 15.4 Å². The molecule has 0 spiro atoms. The highest BCUT2D eigenvalue weighted by Gasteiger charge is 2.28. The molecule has 5 rings (SSSR count). The van der Waals surface area contributed by atoms with E-state index in [1.54, 1.807) is 18.5 Å². The van der Waals surface area contributed by atoms with E-state index < -0.39 is 0 Å². The van der Waals surface area contributed by atoms with Crippen LogP contribution in [0.4, 0.5) is 0 Å². The fraction of sp³-hybridized carbons (Fsp3) is 0.150. The molecular weight excluding hydrogens is 326 g/mol. The zero-order chi connectivity index (χ0) is 17.7. The number of allylic oxidation sites excluding steroid dienone is 3. The van der Waals surface area contributed by atoms with Crippen molar-refractivity contribution in [3.63, 3.8) is 0 Å². The van der Waals surface area contributed by atoms with Gasteiger partial charge in [0, 0.05) is 23.0 Å². The van der Waals surface area contributed by atoms with Crippen molar-refractivity contribution >= 4 is 16.6 Å². The summed E-state index contributed by atoms with van der Waals surface area (Å²) in [5, 5.41) is 23.8. The quantitative estimate of drug-likeness (QED) is 0.631. The van der Waals surface area contributed by atoms with Crippen LogP contribution in [0, 0.1) is 11.3 Å². The number of phenolic OH excluding ortho intramolecular Hbond substituents is 1. The highest BCUT2D eigenvalue weighted by molar-refractivity contribution is 5.94. The topological polar surface area (TPSA) is 97.6 Å². The van der Waals surface area contributed by atoms with Crippen molar-refractivity contribution in [3.05, 3.63) is 71.0 Å². The van der Waals surface area contributed by atoms with Crippen LogP contribution in [0.1, 0.15) is 41.3 Å². The fourth-order valence-corrected chi connectivity index (χ4v) is 3.81. The molecule has 0 fully saturated rings. The van der Waals surface area contributed by atoms with Gasteiger partial charge in [0.2, 0.25) is 0 Å². The van der Waals surface area contributed by atoms with Gasteiger partial charge in [-0.05, 0) is 36.6 Å². The van der Waals surface area contributed by atoms with Crippen molar-refractivity contribution in [2.45, 2.75) is 18.9 Å². The van der Waals surface area contributed by atoms with E-state index in [1.807, 2.05) is 18.3 Å². The van der Waals surface area contributed by atoms with Gasteiger partial charge in [-0.15, -0.1) is 0 Å². The van der Waals surface area contributed by atoms with Gasteiger partial charge in [-0.25, -0.2) is 9.97 Å². The lowest BCUT2D eigenvalue weighted by Gasteiger charge is -2.22. The molecule has 2 aliphatic rings. The molecule has 3 aromatic rings. The largest absolute Gasteiger partial charge is 0.507 e. The van der Waals surface area contributed by atoms with E-state index in [0.717, 1.165) is 46.4 Å². The molecule has 1 unspecified atom stereocenters. The van der Waals surface area contributed by atoms with E-state index in [2.05, 4.69) is 32.4 Å². The van der Waals surface area contributed by atoms with Crippen LogP contribution in [0.15, 0.2) is 48.6 Å². The number of benzene rings is 1. The summed E-state index contributed by atoms with van der Waals surface area (Å²) in [6.07, 6.45) is 9.69. The molecule has 1 aliphatic heterocycles. The normalized spacial score (nSPS) is 18.2. The number of phenols is 1. The summed E-state index contributed by atoms with van der Waals surface area (Å²) < 4.78 is 0. The molecule has 0 radical (unpaired) electrons. The van der Waals surface area contributed by atoms with Crippen LogP contribution in [0.25, 0.3) is 16.6 Å². The highest BCUT2D eigenvalue weighted by atomic mass is 16.3. The van der Waals surface area contributed by atoms with Crippen LogP contribution in [0.2, 0.25) is 0 Å². The van der Waals surface area contributed by atoms with Crippen molar-refractivity contribution in [3.8, 4) is 11.8 Å². The van der Waals surface area contributed by atoms with E-state index in [9.17, 15) is 10.4 Å². The summed E-state index contributed by atoms with van der Waals surface area (Å²) in [5.41, 5.74) is 6.19. The molecule has 3 heterocycles. The number of nitrogens with zero attached hydrogens (tertiary/aromatic N) is 3. The Morgan fingerprint density at radius 2 is 2.19 bits per heavy atom. The van der Waals surface area contributed by atoms with Crippen LogP contribution in [0.3, 0.4) is 0 Å². The van der Waals surface area contributed by atoms with Crippen LogP contribution < -0.4 is 5.32 Å². The minimum Gasteiger partial charge on any atom is -0.507 e. The maximum atomic E-state index is 9.86. The van der Waals surface area contributed by atoms with Crippen LogP contribution in [-0.2, 0) is 0 Å². The third-order valence-corrected chi connectivity index (χ3v) is 5.04. The number of H-pyrrole nitrogens is 1. The first kappa shape index (κ1) is 14.7. The molecule has 2 aromatic heterocycles. The SMILES string of the molecule is N#Cc1cc(C2NC3=C(CCC=C3)c3ncnc4[nH]cc2c34)ccc1O. The molecule has 1 aliphatic carbocycles. The molecule has 1 atom stereocenters. The predicted molar refractivity (Wildman–Crippen MR) is 97.0 cm³/mol. The summed E-state index contributed by atoms with van der Waals surface area (Å²) in [5.74, 6) is -0.00899. The summed E-state index contributed by atoms with van der Waals surface area (Å²) in [4.78, 5) is 12.2. The van der Waals surface area contributed by atoms with Crippen LogP contribution >= 0.6 is 0 Å². The lowest BCUT2D eigenvalue weighted by Crippen LogP contribution is -2.21. The zero-order valence-corrected chi connectivity index (χ0v) is 13.8. The Hall–Kier alpha value is -3.59. The third kappa shape index (κ3) is 2.04. The molecule has 0 saturated heterocycles. The Morgan fingerprint density at radius 3 is 3.08 bits per heavy atom. The van der Waals surface area contributed by atoms with Gasteiger partial charge in [-0.2, -0.15) is 5.26 Å². The number of nitriles is 1. The molecule has 3 N–H and O–H groups in total. The second-order valence-corrected chi connectivity index (χ2v) is 6.49. The maximum absolute atomic E-state index is 9.86. The lowest BCUT2D eigenvalue weighted by molar-refractivity contribution is 0.473. The van der Waals surface area contributed by atoms with Crippen molar-refractivity contribution in [2.24, 2.45) is 0 Å². The van der Waals surface area contributed by atoms with Gasteiger partial charge in [-0.3, -0.25) is 0 Å². The van der Waals surface area contributed by atoms with Crippen molar-refractivity contribution in [1.82, 2.24) is 20.3 Å². The van der Waals surface area contributed by atoms with E-state index in [0.29, 0.717) is 0 Å². The van der Waals surface area contributed by atoms with Gasteiger partial charge in [0.15, 0.2) is 0 Å². The second-order valence-electron chi connectivity index (χ2n) is 6.49. The summed E-state index contributed by atoms with van der Waals surface area (Å²) >= 11 is 0. The third-order valence-electron chi connectivity index (χ3n) is 5.04. The Balaban J connectivity index is 1.79. The van der Waals surface area contributed by atoms with Crippen LogP contribution in [0.5, 0.6) is 5.75 Å². The summed E-state index contributed by atoms with van der Waals surface area (Å²) in [6, 6.07) is 7.02. The maximum Gasteiger partial charge on any atom is 0.141 e. The zero-order valence-electron chi connectivity index (χ0n) is 13.8. The Labute approximate surface area is 149 Å². The number of aromatic amines is 1. The smallest absolute Gasteiger partial charge is 0.141 e. The Bertz CT molecular complexity index is 1150. The van der Waals surface area contributed by atoms with Crippen LogP contribution in [-0.4, -0.2) is 20.1 Å². The first-order valence-electron chi connectivity index (χ1n) is 8.48. The van der Waals surface area contributed by atoms with E-state index in [1.165, 1.54) is 5.57 Å².